The van der Waals surface area contributed by atoms with Crippen molar-refractivity contribution in [3.8, 4) is 0 Å². The second-order valence-corrected chi connectivity index (χ2v) is 5.86. The zero-order valence-electron chi connectivity index (χ0n) is 10.2. The van der Waals surface area contributed by atoms with Crippen molar-refractivity contribution >= 4 is 33.1 Å². The Balaban J connectivity index is 2.02. The zero-order valence-corrected chi connectivity index (χ0v) is 11.0. The second-order valence-electron chi connectivity index (χ2n) is 4.72. The van der Waals surface area contributed by atoms with Gasteiger partial charge in [0, 0.05) is 15.3 Å². The number of fused-ring (bicyclic) bond motifs is 3. The van der Waals surface area contributed by atoms with Crippen LogP contribution in [0.3, 0.4) is 0 Å². The Morgan fingerprint density at radius 1 is 1.50 bits per heavy atom. The van der Waals surface area contributed by atoms with E-state index in [-0.39, 0.29) is 11.9 Å². The van der Waals surface area contributed by atoms with Crippen LogP contribution in [0.4, 0.5) is 5.69 Å². The van der Waals surface area contributed by atoms with Crippen LogP contribution in [0.15, 0.2) is 18.2 Å². The summed E-state index contributed by atoms with van der Waals surface area (Å²) in [6.45, 7) is 0. The molecular formula is C14H15NO2S. The second kappa shape index (κ2) is 4.28. The fourth-order valence-electron chi connectivity index (χ4n) is 2.67. The highest BCUT2D eigenvalue weighted by Crippen LogP contribution is 2.39. The van der Waals surface area contributed by atoms with Crippen molar-refractivity contribution in [1.82, 2.24) is 0 Å². The van der Waals surface area contributed by atoms with E-state index in [1.807, 2.05) is 12.1 Å². The van der Waals surface area contributed by atoms with E-state index < -0.39 is 0 Å². The quantitative estimate of drug-likeness (QED) is 0.634. The Bertz CT molecular complexity index is 618. The predicted molar refractivity (Wildman–Crippen MR) is 73.8 cm³/mol. The van der Waals surface area contributed by atoms with Gasteiger partial charge in [-0.25, -0.2) is 0 Å². The van der Waals surface area contributed by atoms with Crippen molar-refractivity contribution < 1.29 is 9.53 Å². The van der Waals surface area contributed by atoms with Gasteiger partial charge in [-0.15, -0.1) is 11.3 Å². The number of hydrogen-bond donors (Lipinski definition) is 1. The highest BCUT2D eigenvalue weighted by molar-refractivity contribution is 7.19. The number of nitrogen functional groups attached to an aromatic ring is 1. The normalized spacial score (nSPS) is 18.6. The van der Waals surface area contributed by atoms with Gasteiger partial charge in [0.05, 0.1) is 13.0 Å². The largest absolute Gasteiger partial charge is 0.469 e. The van der Waals surface area contributed by atoms with Gasteiger partial charge in [-0.2, -0.15) is 0 Å². The molecule has 2 aromatic rings. The van der Waals surface area contributed by atoms with E-state index in [2.05, 4.69) is 6.07 Å². The number of methoxy groups -OCH3 is 1. The lowest BCUT2D eigenvalue weighted by molar-refractivity contribution is -0.145. The van der Waals surface area contributed by atoms with Gasteiger partial charge in [-0.1, -0.05) is 6.07 Å². The molecule has 1 heterocycles. The molecule has 3 rings (SSSR count). The zero-order chi connectivity index (χ0) is 12.7. The van der Waals surface area contributed by atoms with Crippen LogP contribution in [-0.4, -0.2) is 13.1 Å². The number of aryl methyl sites for hydroxylation is 1. The predicted octanol–water partition coefficient (Wildman–Crippen LogP) is 2.76. The van der Waals surface area contributed by atoms with Crippen LogP contribution >= 0.6 is 11.3 Å². The number of carbonyl (C=O) groups excluding carboxylic acids is 1. The maximum atomic E-state index is 11.6. The molecule has 1 aromatic heterocycles. The standard InChI is InChI=1S/C14H15NO2S/c1-17-14(16)8-2-4-10-11-5-3-9(15)7-13(11)18-12(10)6-8/h3,5,7-8H,2,4,6,15H2,1H3. The van der Waals surface area contributed by atoms with Gasteiger partial charge < -0.3 is 10.5 Å². The molecule has 2 N–H and O–H groups in total. The first-order valence-corrected chi connectivity index (χ1v) is 6.88. The first-order valence-electron chi connectivity index (χ1n) is 6.06. The van der Waals surface area contributed by atoms with Gasteiger partial charge in [0.25, 0.3) is 0 Å². The summed E-state index contributed by atoms with van der Waals surface area (Å²) in [5.74, 6) is -0.0643. The highest BCUT2D eigenvalue weighted by atomic mass is 32.1. The van der Waals surface area contributed by atoms with Crippen LogP contribution < -0.4 is 5.73 Å². The molecule has 1 aromatic carbocycles. The van der Waals surface area contributed by atoms with Crippen LogP contribution in [-0.2, 0) is 22.4 Å². The van der Waals surface area contributed by atoms with Crippen LogP contribution in [0.1, 0.15) is 16.9 Å². The summed E-state index contributed by atoms with van der Waals surface area (Å²) in [4.78, 5) is 12.9. The molecule has 0 saturated heterocycles. The maximum Gasteiger partial charge on any atom is 0.309 e. The van der Waals surface area contributed by atoms with Crippen LogP contribution in [0.5, 0.6) is 0 Å². The molecule has 1 aliphatic rings. The molecule has 0 saturated carbocycles. The van der Waals surface area contributed by atoms with Crippen molar-refractivity contribution in [1.29, 1.82) is 0 Å². The molecule has 18 heavy (non-hydrogen) atoms. The van der Waals surface area contributed by atoms with Gasteiger partial charge in [0.15, 0.2) is 0 Å². The van der Waals surface area contributed by atoms with Crippen LogP contribution in [0, 0.1) is 5.92 Å². The Morgan fingerprint density at radius 3 is 3.11 bits per heavy atom. The average Bonchev–Trinajstić information content (AvgIpc) is 2.73. The lowest BCUT2D eigenvalue weighted by Crippen LogP contribution is -2.22. The number of rotatable bonds is 1. The van der Waals surface area contributed by atoms with Crippen molar-refractivity contribution in [2.75, 3.05) is 12.8 Å². The minimum absolute atomic E-state index is 0.0212. The van der Waals surface area contributed by atoms with E-state index in [4.69, 9.17) is 10.5 Å². The number of nitrogens with two attached hydrogens (primary N) is 1. The topological polar surface area (TPSA) is 52.3 Å². The number of hydrogen-bond acceptors (Lipinski definition) is 4. The van der Waals surface area contributed by atoms with Crippen molar-refractivity contribution in [3.63, 3.8) is 0 Å². The van der Waals surface area contributed by atoms with E-state index >= 15 is 0 Å². The van der Waals surface area contributed by atoms with E-state index in [0.717, 1.165) is 24.9 Å². The summed E-state index contributed by atoms with van der Waals surface area (Å²) in [6.07, 6.45) is 2.65. The Morgan fingerprint density at radius 2 is 2.33 bits per heavy atom. The highest BCUT2D eigenvalue weighted by Gasteiger charge is 2.27. The first-order chi connectivity index (χ1) is 8.69. The summed E-state index contributed by atoms with van der Waals surface area (Å²) in [5.41, 5.74) is 8.01. The molecule has 3 nitrogen and oxygen atoms in total. The fourth-order valence-corrected chi connectivity index (χ4v) is 4.05. The Hall–Kier alpha value is -1.55. The maximum absolute atomic E-state index is 11.6. The smallest absolute Gasteiger partial charge is 0.309 e. The van der Waals surface area contributed by atoms with Gasteiger partial charge in [-0.3, -0.25) is 4.79 Å². The summed E-state index contributed by atoms with van der Waals surface area (Å²) in [6, 6.07) is 6.06. The van der Waals surface area contributed by atoms with Gasteiger partial charge in [-0.05, 0) is 42.3 Å². The molecule has 1 atom stereocenters. The molecule has 94 valence electrons. The molecule has 0 amide bonds. The monoisotopic (exact) mass is 261 g/mol. The minimum Gasteiger partial charge on any atom is -0.469 e. The van der Waals surface area contributed by atoms with Crippen LogP contribution in [0.2, 0.25) is 0 Å². The van der Waals surface area contributed by atoms with Gasteiger partial charge >= 0.3 is 5.97 Å². The average molecular weight is 261 g/mol. The number of carbonyl (C=O) groups is 1. The van der Waals surface area contributed by atoms with Gasteiger partial charge in [0.1, 0.15) is 0 Å². The number of benzene rings is 1. The fraction of sp³-hybridized carbons (Fsp3) is 0.357. The third kappa shape index (κ3) is 1.77. The van der Waals surface area contributed by atoms with Crippen molar-refractivity contribution in [3.05, 3.63) is 28.6 Å². The third-order valence-corrected chi connectivity index (χ3v) is 4.83. The number of anilines is 1. The molecule has 1 aliphatic carbocycles. The number of ether oxygens (including phenoxy) is 1. The third-order valence-electron chi connectivity index (χ3n) is 3.61. The summed E-state index contributed by atoms with van der Waals surface area (Å²) >= 11 is 1.76. The van der Waals surface area contributed by atoms with E-state index in [0.29, 0.717) is 0 Å². The lowest BCUT2D eigenvalue weighted by atomic mass is 9.87. The first kappa shape index (κ1) is 11.5. The summed E-state index contributed by atoms with van der Waals surface area (Å²) in [5, 5.41) is 1.30. The molecule has 1 unspecified atom stereocenters. The SMILES string of the molecule is COC(=O)C1CCc2c(sc3cc(N)ccc23)C1. The molecule has 0 aliphatic heterocycles. The number of esters is 1. The van der Waals surface area contributed by atoms with E-state index in [1.165, 1.54) is 27.6 Å². The summed E-state index contributed by atoms with van der Waals surface area (Å²) in [7, 11) is 1.46. The van der Waals surface area contributed by atoms with E-state index in [1.54, 1.807) is 11.3 Å². The molecule has 0 bridgehead atoms. The van der Waals surface area contributed by atoms with Crippen molar-refractivity contribution in [2.24, 2.45) is 5.92 Å². The Labute approximate surface area is 110 Å². The van der Waals surface area contributed by atoms with Crippen LogP contribution in [0.25, 0.3) is 10.1 Å². The molecule has 0 radical (unpaired) electrons. The summed E-state index contributed by atoms with van der Waals surface area (Å²) < 4.78 is 6.07. The molecular weight excluding hydrogens is 246 g/mol. The lowest BCUT2D eigenvalue weighted by Gasteiger charge is -2.19. The van der Waals surface area contributed by atoms with E-state index in [9.17, 15) is 4.79 Å². The Kier molecular flexibility index (Phi) is 2.74. The number of thiophene rings is 1. The molecule has 0 fully saturated rings. The molecule has 0 spiro atoms. The van der Waals surface area contributed by atoms with Gasteiger partial charge in [0.2, 0.25) is 0 Å². The van der Waals surface area contributed by atoms with Crippen molar-refractivity contribution in [2.45, 2.75) is 19.3 Å². The molecule has 4 heteroatoms. The minimum atomic E-state index is -0.0855.